The molecule has 0 spiro atoms. The van der Waals surface area contributed by atoms with E-state index in [2.05, 4.69) is 21.2 Å². The van der Waals surface area contributed by atoms with Crippen LogP contribution in [0.5, 0.6) is 5.75 Å². The van der Waals surface area contributed by atoms with Crippen molar-refractivity contribution in [2.24, 2.45) is 0 Å². The van der Waals surface area contributed by atoms with Crippen molar-refractivity contribution in [2.75, 3.05) is 5.32 Å². The van der Waals surface area contributed by atoms with Crippen molar-refractivity contribution in [3.63, 3.8) is 0 Å². The summed E-state index contributed by atoms with van der Waals surface area (Å²) in [6, 6.07) is 18.9. The van der Waals surface area contributed by atoms with Gasteiger partial charge >= 0.3 is 11.9 Å². The van der Waals surface area contributed by atoms with Gasteiger partial charge in [-0.25, -0.2) is 9.59 Å². The van der Waals surface area contributed by atoms with Crippen LogP contribution in [0.25, 0.3) is 6.08 Å². The molecule has 3 N–H and O–H groups in total. The molecule has 9 heteroatoms. The Morgan fingerprint density at radius 1 is 0.971 bits per heavy atom. The number of carboxylic acids is 2. The first-order chi connectivity index (χ1) is 16.3. The van der Waals surface area contributed by atoms with E-state index >= 15 is 0 Å². The minimum Gasteiger partial charge on any atom is -0.488 e. The van der Waals surface area contributed by atoms with Gasteiger partial charge < -0.3 is 20.3 Å². The summed E-state index contributed by atoms with van der Waals surface area (Å²) in [7, 11) is 0. The number of halogens is 1. The number of hydrogen-bond acceptors (Lipinski definition) is 5. The minimum atomic E-state index is -1.13. The second kappa shape index (κ2) is 10.9. The third-order valence-corrected chi connectivity index (χ3v) is 5.19. The molecule has 3 rings (SSSR count). The molecule has 3 aromatic rings. The molecule has 170 valence electrons. The van der Waals surface area contributed by atoms with Gasteiger partial charge in [0.2, 0.25) is 0 Å². The Morgan fingerprint density at radius 2 is 1.65 bits per heavy atom. The number of nitrogens with zero attached hydrogens (tertiary/aromatic N) is 1. The number of carboxylic acid groups (broad SMARTS) is 2. The van der Waals surface area contributed by atoms with Crippen molar-refractivity contribution in [3.8, 4) is 11.8 Å². The zero-order chi connectivity index (χ0) is 24.7. The summed E-state index contributed by atoms with van der Waals surface area (Å²) in [5, 5.41) is 30.1. The van der Waals surface area contributed by atoms with E-state index in [-0.39, 0.29) is 29.0 Å². The van der Waals surface area contributed by atoms with E-state index in [1.165, 1.54) is 42.5 Å². The highest BCUT2D eigenvalue weighted by molar-refractivity contribution is 9.10. The highest BCUT2D eigenvalue weighted by Crippen LogP contribution is 2.28. The minimum absolute atomic E-state index is 0.00879. The maximum absolute atomic E-state index is 12.5. The molecular formula is C25H17BrN2O6. The quantitative estimate of drug-likeness (QED) is 0.281. The third kappa shape index (κ3) is 6.31. The first kappa shape index (κ1) is 24.2. The number of ether oxygens (including phenoxy) is 1. The van der Waals surface area contributed by atoms with E-state index in [9.17, 15) is 19.6 Å². The number of anilines is 1. The number of benzene rings is 3. The summed E-state index contributed by atoms with van der Waals surface area (Å²) >= 11 is 3.40. The van der Waals surface area contributed by atoms with E-state index in [0.717, 1.165) is 0 Å². The zero-order valence-electron chi connectivity index (χ0n) is 17.5. The maximum atomic E-state index is 12.5. The molecule has 0 radical (unpaired) electrons. The molecule has 0 aliphatic heterocycles. The van der Waals surface area contributed by atoms with E-state index in [1.807, 2.05) is 6.07 Å². The molecule has 0 atom stereocenters. The van der Waals surface area contributed by atoms with Crippen LogP contribution in [0.1, 0.15) is 31.8 Å². The van der Waals surface area contributed by atoms with E-state index in [0.29, 0.717) is 21.3 Å². The van der Waals surface area contributed by atoms with Crippen molar-refractivity contribution in [2.45, 2.75) is 6.61 Å². The van der Waals surface area contributed by atoms with Crippen LogP contribution in [0, 0.1) is 11.3 Å². The fourth-order valence-corrected chi connectivity index (χ4v) is 3.43. The SMILES string of the molecule is N#C/C(=C/c1ccc(OCc2cccc(C(=O)O)c2)c(Br)c1)C(=O)Nc1cccc(C(=O)O)c1. The number of carbonyl (C=O) groups excluding carboxylic acids is 1. The lowest BCUT2D eigenvalue weighted by atomic mass is 10.1. The third-order valence-electron chi connectivity index (χ3n) is 4.57. The predicted molar refractivity (Wildman–Crippen MR) is 127 cm³/mol. The largest absolute Gasteiger partial charge is 0.488 e. The summed E-state index contributed by atoms with van der Waals surface area (Å²) in [6.07, 6.45) is 1.39. The number of hydrogen-bond donors (Lipinski definition) is 3. The van der Waals surface area contributed by atoms with Gasteiger partial charge in [0.25, 0.3) is 5.91 Å². The molecule has 0 unspecified atom stereocenters. The summed E-state index contributed by atoms with van der Waals surface area (Å²) in [5.41, 5.74) is 1.49. The number of amides is 1. The summed E-state index contributed by atoms with van der Waals surface area (Å²) in [5.74, 6) is -2.34. The lowest BCUT2D eigenvalue weighted by Gasteiger charge is -2.10. The molecule has 34 heavy (non-hydrogen) atoms. The number of nitriles is 1. The summed E-state index contributed by atoms with van der Waals surface area (Å²) < 4.78 is 6.32. The Kier molecular flexibility index (Phi) is 7.79. The Balaban J connectivity index is 1.71. The standard InChI is InChI=1S/C25H17BrN2O6/c26-21-11-15(7-8-22(21)34-14-16-3-1-4-17(10-16)24(30)31)9-19(13-27)23(29)28-20-6-2-5-18(12-20)25(32)33/h1-12H,14H2,(H,28,29)(H,30,31)(H,32,33)/b19-9-. The van der Waals surface area contributed by atoms with Gasteiger partial charge in [-0.15, -0.1) is 0 Å². The molecule has 0 bridgehead atoms. The Bertz CT molecular complexity index is 1340. The number of rotatable bonds is 8. The molecular weight excluding hydrogens is 504 g/mol. The second-order valence-electron chi connectivity index (χ2n) is 6.99. The topological polar surface area (TPSA) is 137 Å². The molecule has 0 aliphatic carbocycles. The Morgan fingerprint density at radius 3 is 2.29 bits per heavy atom. The molecule has 0 aromatic heterocycles. The first-order valence-corrected chi connectivity index (χ1v) is 10.6. The highest BCUT2D eigenvalue weighted by atomic mass is 79.9. The summed E-state index contributed by atoms with van der Waals surface area (Å²) in [6.45, 7) is 0.149. The fraction of sp³-hybridized carbons (Fsp3) is 0.0400. The predicted octanol–water partition coefficient (Wildman–Crippen LogP) is 4.97. The number of aromatic carboxylic acids is 2. The molecule has 0 saturated heterocycles. The fourth-order valence-electron chi connectivity index (χ4n) is 2.92. The molecule has 8 nitrogen and oxygen atoms in total. The monoisotopic (exact) mass is 520 g/mol. The number of nitrogens with one attached hydrogen (secondary N) is 1. The van der Waals surface area contributed by atoms with Crippen LogP contribution in [0.4, 0.5) is 5.69 Å². The van der Waals surface area contributed by atoms with Crippen LogP contribution >= 0.6 is 15.9 Å². The number of carbonyl (C=O) groups is 3. The lowest BCUT2D eigenvalue weighted by molar-refractivity contribution is -0.112. The van der Waals surface area contributed by atoms with Crippen LogP contribution in [0.2, 0.25) is 0 Å². The van der Waals surface area contributed by atoms with Gasteiger partial charge in [0.05, 0.1) is 15.6 Å². The normalized spacial score (nSPS) is 10.8. The maximum Gasteiger partial charge on any atom is 0.335 e. The van der Waals surface area contributed by atoms with E-state index in [1.54, 1.807) is 30.3 Å². The average Bonchev–Trinajstić information content (AvgIpc) is 2.82. The Labute approximate surface area is 202 Å². The Hall–Kier alpha value is -4.42. The van der Waals surface area contributed by atoms with Crippen molar-refractivity contribution in [3.05, 3.63) is 99.0 Å². The van der Waals surface area contributed by atoms with E-state index < -0.39 is 17.8 Å². The second-order valence-corrected chi connectivity index (χ2v) is 7.85. The van der Waals surface area contributed by atoms with Gasteiger partial charge in [-0.3, -0.25) is 4.79 Å². The summed E-state index contributed by atoms with van der Waals surface area (Å²) in [4.78, 5) is 34.7. The molecule has 1 amide bonds. The van der Waals surface area contributed by atoms with Crippen LogP contribution in [-0.2, 0) is 11.4 Å². The molecule has 0 heterocycles. The highest BCUT2D eigenvalue weighted by Gasteiger charge is 2.12. The first-order valence-electron chi connectivity index (χ1n) is 9.78. The van der Waals surface area contributed by atoms with Crippen LogP contribution in [0.3, 0.4) is 0 Å². The van der Waals surface area contributed by atoms with Crippen LogP contribution < -0.4 is 10.1 Å². The van der Waals surface area contributed by atoms with Gasteiger partial charge in [0.1, 0.15) is 24.0 Å². The van der Waals surface area contributed by atoms with Crippen molar-refractivity contribution in [1.82, 2.24) is 0 Å². The van der Waals surface area contributed by atoms with Crippen LogP contribution in [0.15, 0.2) is 76.8 Å². The van der Waals surface area contributed by atoms with Crippen molar-refractivity contribution < 1.29 is 29.3 Å². The zero-order valence-corrected chi connectivity index (χ0v) is 19.1. The van der Waals surface area contributed by atoms with Gasteiger partial charge in [-0.1, -0.05) is 24.3 Å². The molecule has 0 aliphatic rings. The van der Waals surface area contributed by atoms with Gasteiger partial charge in [0.15, 0.2) is 0 Å². The molecule has 3 aromatic carbocycles. The van der Waals surface area contributed by atoms with Crippen LogP contribution in [-0.4, -0.2) is 28.1 Å². The smallest absolute Gasteiger partial charge is 0.335 e. The lowest BCUT2D eigenvalue weighted by Crippen LogP contribution is -2.13. The molecule has 0 saturated carbocycles. The average molecular weight is 521 g/mol. The van der Waals surface area contributed by atoms with Crippen molar-refractivity contribution in [1.29, 1.82) is 5.26 Å². The van der Waals surface area contributed by atoms with Gasteiger partial charge in [-0.05, 0) is 75.6 Å². The van der Waals surface area contributed by atoms with Crippen molar-refractivity contribution >= 4 is 45.5 Å². The van der Waals surface area contributed by atoms with Gasteiger partial charge in [-0.2, -0.15) is 5.26 Å². The van der Waals surface area contributed by atoms with Gasteiger partial charge in [0, 0.05) is 5.69 Å². The molecule has 0 fully saturated rings. The van der Waals surface area contributed by atoms with E-state index in [4.69, 9.17) is 14.9 Å².